The van der Waals surface area contributed by atoms with Crippen LogP contribution in [0.5, 0.6) is 0 Å². The Balaban J connectivity index is 0.000000915. The van der Waals surface area contributed by atoms with E-state index in [0.29, 0.717) is 35.3 Å². The number of aliphatic carboxylic acids is 2. The number of carboxylic acid groups (broad SMARTS) is 2. The van der Waals surface area contributed by atoms with Gasteiger partial charge in [0.2, 0.25) is 5.96 Å². The van der Waals surface area contributed by atoms with E-state index in [9.17, 15) is 31.5 Å². The molecule has 0 spiro atoms. The Bertz CT molecular complexity index is 1470. The lowest BCUT2D eigenvalue weighted by molar-refractivity contribution is -0.355. The third kappa shape index (κ3) is 13.9. The smallest absolute Gasteiger partial charge is 0.328 e. The molecule has 0 unspecified atom stereocenters. The third-order valence-corrected chi connectivity index (χ3v) is 8.42. The molecule has 226 valence electrons. The van der Waals surface area contributed by atoms with Crippen LogP contribution in [-0.2, 0) is 40.2 Å². The number of carbonyl (C=O) groups is 2. The van der Waals surface area contributed by atoms with E-state index in [1.54, 1.807) is 11.8 Å². The standard InChI is InChI=1S/C16H24N8O5S4.C4H4O4/c1-19-15(20-6-7-30-9-11-10-31-16(21-11)22-14(17)18)23-32(25,26)12-4-3-5-13(8-12)33(27,28)24-29-2;5-3(6)1-2-4(7)8/h3-5,8,10,24H,6-7,9H2,1-2H3,(H2,19,20,23)(H4,17,18,21,22);1-2H,(H,5,6)(H,7,8)/b;2-1+. The highest BCUT2D eigenvalue weighted by Gasteiger charge is 2.20. The lowest BCUT2D eigenvalue weighted by Crippen LogP contribution is -2.72. The number of nitrogens with two attached hydrogens (primary N) is 2. The van der Waals surface area contributed by atoms with E-state index in [1.165, 1.54) is 36.6 Å². The van der Waals surface area contributed by atoms with Crippen LogP contribution in [0.1, 0.15) is 5.69 Å². The van der Waals surface area contributed by atoms with Gasteiger partial charge in [-0.15, -0.1) is 4.98 Å². The first-order valence-corrected chi connectivity index (χ1v) is 15.9. The molecule has 2 rings (SSSR count). The summed E-state index contributed by atoms with van der Waals surface area (Å²) < 4.78 is 51.7. The number of carboxylic acids is 2. The average Bonchev–Trinajstić information content (AvgIpc) is 3.33. The number of aromatic nitrogens is 1. The minimum atomic E-state index is -4.08. The van der Waals surface area contributed by atoms with Gasteiger partial charge in [-0.25, -0.2) is 31.3 Å². The average molecular weight is 653 g/mol. The Morgan fingerprint density at radius 2 is 1.88 bits per heavy atom. The normalized spacial score (nSPS) is 11.8. The fraction of sp³-hybridized carbons (Fsp3) is 0.250. The molecule has 0 aliphatic rings. The summed E-state index contributed by atoms with van der Waals surface area (Å²) >= 11 is 2.96. The van der Waals surface area contributed by atoms with Crippen LogP contribution in [0.25, 0.3) is 0 Å². The molecule has 17 nitrogen and oxygen atoms in total. The molecule has 41 heavy (non-hydrogen) atoms. The predicted octanol–water partition coefficient (Wildman–Crippen LogP) is -3.87. The fourth-order valence-electron chi connectivity index (χ4n) is 2.43. The lowest BCUT2D eigenvalue weighted by atomic mass is 10.4. The van der Waals surface area contributed by atoms with Crippen LogP contribution < -0.4 is 36.5 Å². The van der Waals surface area contributed by atoms with E-state index in [2.05, 4.69) is 29.8 Å². The Morgan fingerprint density at radius 1 is 1.22 bits per heavy atom. The van der Waals surface area contributed by atoms with Gasteiger partial charge in [-0.3, -0.25) is 9.83 Å². The largest absolute Gasteiger partial charge is 0.545 e. The molecule has 21 heteroatoms. The van der Waals surface area contributed by atoms with Crippen molar-refractivity contribution in [2.45, 2.75) is 15.5 Å². The van der Waals surface area contributed by atoms with Crippen LogP contribution in [0.15, 0.2) is 56.6 Å². The maximum atomic E-state index is 12.7. The molecule has 0 radical (unpaired) electrons. The Hall–Kier alpha value is -3.76. The highest BCUT2D eigenvalue weighted by atomic mass is 32.2. The SMILES string of the molecule is CN=C(NCCSCc1csc([NH+]=C(N)N)n1)NS(=O)(=O)c1cccc(S(=O)(=O)NOC)c1.O=C([O-])/C=C/C(=O)O. The Morgan fingerprint density at radius 3 is 2.41 bits per heavy atom. The number of sulfonamides is 2. The molecule has 1 aromatic carbocycles. The highest BCUT2D eigenvalue weighted by molar-refractivity contribution is 7.98. The molecule has 0 saturated carbocycles. The number of carbonyl (C=O) groups excluding carboxylic acids is 1. The Labute approximate surface area is 243 Å². The van der Waals surface area contributed by atoms with Crippen molar-refractivity contribution in [3.63, 3.8) is 0 Å². The number of thiazole rings is 1. The molecular weight excluding hydrogens is 625 g/mol. The van der Waals surface area contributed by atoms with Crippen molar-refractivity contribution >= 4 is 72.1 Å². The van der Waals surface area contributed by atoms with Crippen LogP contribution >= 0.6 is 23.1 Å². The molecule has 0 fully saturated rings. The summed E-state index contributed by atoms with van der Waals surface area (Å²) in [7, 11) is -5.54. The number of hydrogen-bond donors (Lipinski definition) is 7. The monoisotopic (exact) mass is 652 g/mol. The number of nitrogens with one attached hydrogen (secondary N) is 4. The summed E-state index contributed by atoms with van der Waals surface area (Å²) in [6.45, 7) is 0.421. The summed E-state index contributed by atoms with van der Waals surface area (Å²) in [5, 5.41) is 22.6. The molecule has 9 N–H and O–H groups in total. The first kappa shape index (κ1) is 35.3. The van der Waals surface area contributed by atoms with E-state index in [4.69, 9.17) is 16.6 Å². The summed E-state index contributed by atoms with van der Waals surface area (Å²) in [6.07, 6.45) is 0.942. The minimum Gasteiger partial charge on any atom is -0.545 e. The number of hydrogen-bond acceptors (Lipinski definition) is 12. The number of rotatable bonds is 13. The second-order valence-corrected chi connectivity index (χ2v) is 12.4. The summed E-state index contributed by atoms with van der Waals surface area (Å²) in [5.41, 5.74) is 11.6. The van der Waals surface area contributed by atoms with Gasteiger partial charge in [-0.1, -0.05) is 22.3 Å². The molecule has 0 bridgehead atoms. The van der Waals surface area contributed by atoms with E-state index < -0.39 is 32.0 Å². The summed E-state index contributed by atoms with van der Waals surface area (Å²) in [6, 6.07) is 4.84. The van der Waals surface area contributed by atoms with Crippen molar-refractivity contribution in [3.8, 4) is 0 Å². The zero-order valence-electron chi connectivity index (χ0n) is 21.6. The second kappa shape index (κ2) is 17.1. The van der Waals surface area contributed by atoms with Gasteiger partial charge in [-0.2, -0.15) is 11.8 Å². The second-order valence-electron chi connectivity index (χ2n) is 7.14. The topological polar surface area (TPSA) is 282 Å². The number of aliphatic imine (C=N–C) groups is 1. The molecular formula is C20H28N8O9S4. The molecule has 1 aromatic heterocycles. The van der Waals surface area contributed by atoms with Gasteiger partial charge in [0.25, 0.3) is 25.2 Å². The van der Waals surface area contributed by atoms with Gasteiger partial charge in [0, 0.05) is 36.6 Å². The number of thioether (sulfide) groups is 1. The van der Waals surface area contributed by atoms with Crippen molar-refractivity contribution in [1.29, 1.82) is 0 Å². The van der Waals surface area contributed by atoms with Gasteiger partial charge < -0.3 is 31.8 Å². The fourth-order valence-corrected chi connectivity index (χ4v) is 6.01. The predicted molar refractivity (Wildman–Crippen MR) is 150 cm³/mol. The zero-order chi connectivity index (χ0) is 31.1. The third-order valence-electron chi connectivity index (χ3n) is 4.03. The molecule has 0 saturated heterocycles. The van der Waals surface area contributed by atoms with Crippen molar-refractivity contribution < 1.29 is 46.5 Å². The number of nitrogens with zero attached hydrogens (tertiary/aromatic N) is 2. The van der Waals surface area contributed by atoms with Crippen molar-refractivity contribution in [2.75, 3.05) is 26.5 Å². The maximum Gasteiger partial charge on any atom is 0.328 e. The maximum absolute atomic E-state index is 12.7. The van der Waals surface area contributed by atoms with Gasteiger partial charge in [0.1, 0.15) is 5.69 Å². The Kier molecular flexibility index (Phi) is 14.7. The van der Waals surface area contributed by atoms with Crippen LogP contribution in [-0.4, -0.2) is 77.2 Å². The lowest BCUT2D eigenvalue weighted by Gasteiger charge is -2.13. The summed E-state index contributed by atoms with van der Waals surface area (Å²) in [5.74, 6) is -1.43. The van der Waals surface area contributed by atoms with Crippen molar-refractivity contribution in [1.82, 2.24) is 19.9 Å². The van der Waals surface area contributed by atoms with Crippen LogP contribution in [0.3, 0.4) is 0 Å². The molecule has 0 amide bonds. The van der Waals surface area contributed by atoms with Crippen molar-refractivity contribution in [3.05, 3.63) is 47.5 Å². The van der Waals surface area contributed by atoms with Crippen LogP contribution in [0.2, 0.25) is 0 Å². The number of guanidine groups is 2. The van der Waals surface area contributed by atoms with Gasteiger partial charge in [-0.05, 0) is 24.3 Å². The summed E-state index contributed by atoms with van der Waals surface area (Å²) in [4.78, 5) is 35.7. The quantitative estimate of drug-likeness (QED) is 0.0358. The van der Waals surface area contributed by atoms with Gasteiger partial charge >= 0.3 is 11.9 Å². The van der Waals surface area contributed by atoms with Crippen molar-refractivity contribution in [2.24, 2.45) is 16.5 Å². The molecule has 0 atom stereocenters. The van der Waals surface area contributed by atoms with Crippen LogP contribution in [0.4, 0.5) is 5.13 Å². The zero-order valence-corrected chi connectivity index (χ0v) is 24.8. The molecule has 2 aromatic rings. The van der Waals surface area contributed by atoms with E-state index in [1.807, 2.05) is 10.3 Å². The van der Waals surface area contributed by atoms with E-state index in [-0.39, 0.29) is 21.7 Å². The number of benzene rings is 1. The van der Waals surface area contributed by atoms with E-state index in [0.717, 1.165) is 18.9 Å². The highest BCUT2D eigenvalue weighted by Crippen LogP contribution is 2.17. The van der Waals surface area contributed by atoms with Gasteiger partial charge in [0.15, 0.2) is 0 Å². The molecule has 0 aliphatic heterocycles. The first-order valence-electron chi connectivity index (χ1n) is 10.9. The molecule has 0 aliphatic carbocycles. The minimum absolute atomic E-state index is 0.0213. The first-order chi connectivity index (χ1) is 19.2. The van der Waals surface area contributed by atoms with E-state index >= 15 is 0 Å². The molecule has 1 heterocycles. The van der Waals surface area contributed by atoms with Crippen LogP contribution in [0, 0.1) is 0 Å². The van der Waals surface area contributed by atoms with Gasteiger partial charge in [0.05, 0.1) is 22.9 Å².